The maximum atomic E-state index is 12.1. The highest BCUT2D eigenvalue weighted by molar-refractivity contribution is 5.92. The zero-order chi connectivity index (χ0) is 19.0. The molecule has 144 valence electrons. The highest BCUT2D eigenvalue weighted by atomic mass is 35.5. The summed E-state index contributed by atoms with van der Waals surface area (Å²) in [5.74, 6) is -1.91. The molecule has 0 amide bonds. The van der Waals surface area contributed by atoms with E-state index in [2.05, 4.69) is 20.9 Å². The van der Waals surface area contributed by atoms with E-state index in [1.807, 2.05) is 32.3 Å². The molecular formula is C19H22ClN3O4. The molecule has 1 aromatic carbocycles. The molecule has 0 aliphatic heterocycles. The maximum Gasteiger partial charge on any atom is 0.345 e. The lowest BCUT2D eigenvalue weighted by atomic mass is 9.99. The van der Waals surface area contributed by atoms with E-state index in [9.17, 15) is 14.7 Å². The van der Waals surface area contributed by atoms with Gasteiger partial charge in [-0.25, -0.2) is 4.79 Å². The summed E-state index contributed by atoms with van der Waals surface area (Å²) in [6.45, 7) is 2.53. The van der Waals surface area contributed by atoms with Crippen LogP contribution in [0, 0.1) is 0 Å². The Morgan fingerprint density at radius 3 is 2.59 bits per heavy atom. The molecule has 2 aromatic heterocycles. The van der Waals surface area contributed by atoms with Gasteiger partial charge in [-0.2, -0.15) is 0 Å². The molecule has 3 aromatic rings. The number of nitrogens with one attached hydrogen (secondary N) is 2. The molecule has 27 heavy (non-hydrogen) atoms. The number of nitrogens with zero attached hydrogens (tertiary/aromatic N) is 1. The van der Waals surface area contributed by atoms with E-state index in [1.165, 1.54) is 0 Å². The average Bonchev–Trinajstić information content (AvgIpc) is 2.90. The first kappa shape index (κ1) is 20.5. The minimum atomic E-state index is -1.44. The van der Waals surface area contributed by atoms with Gasteiger partial charge in [-0.3, -0.25) is 4.79 Å². The molecule has 8 heteroatoms. The van der Waals surface area contributed by atoms with Gasteiger partial charge in [-0.1, -0.05) is 13.0 Å². The number of carboxylic acids is 1. The molecule has 0 fully saturated rings. The second kappa shape index (κ2) is 7.85. The number of aromatic amines is 1. The molecule has 4 N–H and O–H groups in total. The number of carboxylic acid groups (broad SMARTS) is 1. The number of aryl methyl sites for hydroxylation is 1. The number of aromatic carboxylic acids is 1. The van der Waals surface area contributed by atoms with Gasteiger partial charge in [0.2, 0.25) is 0 Å². The fourth-order valence-electron chi connectivity index (χ4n) is 3.33. The maximum absolute atomic E-state index is 12.1. The molecule has 0 radical (unpaired) electrons. The molecule has 2 heterocycles. The first-order valence-electron chi connectivity index (χ1n) is 8.33. The number of fused-ring (bicyclic) bond motifs is 1. The fourth-order valence-corrected chi connectivity index (χ4v) is 3.33. The van der Waals surface area contributed by atoms with Gasteiger partial charge in [0.15, 0.2) is 5.56 Å². The summed E-state index contributed by atoms with van der Waals surface area (Å²) in [6, 6.07) is 7.79. The number of H-pyrrole nitrogens is 1. The van der Waals surface area contributed by atoms with Gasteiger partial charge in [0.25, 0.3) is 5.56 Å². The van der Waals surface area contributed by atoms with Crippen molar-refractivity contribution in [3.63, 3.8) is 0 Å². The minimum absolute atomic E-state index is 0. The number of carbonyl (C=O) groups is 1. The Morgan fingerprint density at radius 2 is 2.00 bits per heavy atom. The monoisotopic (exact) mass is 391 g/mol. The molecule has 0 unspecified atom stereocenters. The van der Waals surface area contributed by atoms with E-state index in [1.54, 1.807) is 6.92 Å². The van der Waals surface area contributed by atoms with Crippen molar-refractivity contribution in [2.24, 2.45) is 7.05 Å². The third-order valence-electron chi connectivity index (χ3n) is 4.65. The summed E-state index contributed by atoms with van der Waals surface area (Å²) >= 11 is 0. The number of rotatable bonds is 5. The lowest BCUT2D eigenvalue weighted by Gasteiger charge is -2.12. The van der Waals surface area contributed by atoms with Crippen LogP contribution in [0.4, 0.5) is 0 Å². The highest BCUT2D eigenvalue weighted by Crippen LogP contribution is 2.32. The van der Waals surface area contributed by atoms with Gasteiger partial charge in [0.05, 0.1) is 5.69 Å². The molecule has 0 bridgehead atoms. The molecule has 0 aliphatic rings. The number of aromatic nitrogens is 2. The number of hydrogen-bond donors (Lipinski definition) is 4. The van der Waals surface area contributed by atoms with Crippen LogP contribution in [-0.4, -0.2) is 32.8 Å². The highest BCUT2D eigenvalue weighted by Gasteiger charge is 2.22. The Balaban J connectivity index is 0.00000261. The van der Waals surface area contributed by atoms with Crippen molar-refractivity contribution in [1.82, 2.24) is 14.9 Å². The SMILES string of the molecule is CCc1c(-c2ccc3c(c2)cc(CNC)n3C)[nH]c(=O)c(C(=O)O)c1O.Cl. The van der Waals surface area contributed by atoms with Crippen LogP contribution in [0.2, 0.25) is 0 Å². The molecule has 0 spiro atoms. The van der Waals surface area contributed by atoms with E-state index < -0.39 is 22.8 Å². The first-order chi connectivity index (χ1) is 12.4. The number of pyridine rings is 1. The first-order valence-corrected chi connectivity index (χ1v) is 8.33. The molecule has 7 nitrogen and oxygen atoms in total. The Labute approximate surface area is 162 Å². The Kier molecular flexibility index (Phi) is 5.98. The largest absolute Gasteiger partial charge is 0.506 e. The molecular weight excluding hydrogens is 370 g/mol. The van der Waals surface area contributed by atoms with Crippen LogP contribution < -0.4 is 10.9 Å². The van der Waals surface area contributed by atoms with Crippen LogP contribution >= 0.6 is 12.4 Å². The second-order valence-electron chi connectivity index (χ2n) is 6.19. The molecule has 3 rings (SSSR count). The van der Waals surface area contributed by atoms with Crippen molar-refractivity contribution in [1.29, 1.82) is 0 Å². The summed E-state index contributed by atoms with van der Waals surface area (Å²) in [5.41, 5.74) is 2.31. The van der Waals surface area contributed by atoms with E-state index in [4.69, 9.17) is 5.11 Å². The second-order valence-corrected chi connectivity index (χ2v) is 6.19. The lowest BCUT2D eigenvalue weighted by Crippen LogP contribution is -2.20. The quantitative estimate of drug-likeness (QED) is 0.534. The van der Waals surface area contributed by atoms with Gasteiger partial charge in [0.1, 0.15) is 5.75 Å². The summed E-state index contributed by atoms with van der Waals surface area (Å²) in [4.78, 5) is 26.0. The summed E-state index contributed by atoms with van der Waals surface area (Å²) < 4.78 is 2.09. The normalized spacial score (nSPS) is 10.8. The molecule has 0 atom stereocenters. The van der Waals surface area contributed by atoms with Gasteiger partial charge in [0, 0.05) is 35.8 Å². The molecule has 0 aliphatic carbocycles. The van der Waals surface area contributed by atoms with Crippen LogP contribution in [0.15, 0.2) is 29.1 Å². The van der Waals surface area contributed by atoms with Crippen LogP contribution in [0.3, 0.4) is 0 Å². The predicted octanol–water partition coefficient (Wildman–Crippen LogP) is 2.64. The van der Waals surface area contributed by atoms with Crippen molar-refractivity contribution in [2.75, 3.05) is 7.05 Å². The molecule has 0 saturated carbocycles. The van der Waals surface area contributed by atoms with Crippen molar-refractivity contribution in [2.45, 2.75) is 19.9 Å². The van der Waals surface area contributed by atoms with Crippen molar-refractivity contribution in [3.8, 4) is 17.0 Å². The van der Waals surface area contributed by atoms with Gasteiger partial charge in [-0.05, 0) is 37.2 Å². The number of aromatic hydroxyl groups is 1. The third kappa shape index (κ3) is 3.43. The zero-order valence-corrected chi connectivity index (χ0v) is 16.1. The van der Waals surface area contributed by atoms with Crippen molar-refractivity contribution < 1.29 is 15.0 Å². The van der Waals surface area contributed by atoms with Crippen LogP contribution in [0.25, 0.3) is 22.2 Å². The number of halogens is 1. The average molecular weight is 392 g/mol. The summed E-state index contributed by atoms with van der Waals surface area (Å²) in [7, 11) is 3.87. The Morgan fingerprint density at radius 1 is 1.30 bits per heavy atom. The lowest BCUT2D eigenvalue weighted by molar-refractivity contribution is 0.0691. The number of benzene rings is 1. The smallest absolute Gasteiger partial charge is 0.345 e. The van der Waals surface area contributed by atoms with Gasteiger partial charge >= 0.3 is 5.97 Å². The van der Waals surface area contributed by atoms with Gasteiger partial charge in [-0.15, -0.1) is 12.4 Å². The van der Waals surface area contributed by atoms with Crippen molar-refractivity contribution >= 4 is 29.3 Å². The fraction of sp³-hybridized carbons (Fsp3) is 0.263. The summed E-state index contributed by atoms with van der Waals surface area (Å²) in [5, 5.41) is 23.6. The van der Waals surface area contributed by atoms with E-state index >= 15 is 0 Å². The van der Waals surface area contributed by atoms with E-state index in [0.29, 0.717) is 17.7 Å². The van der Waals surface area contributed by atoms with E-state index in [-0.39, 0.29) is 12.4 Å². The minimum Gasteiger partial charge on any atom is -0.506 e. The zero-order valence-electron chi connectivity index (χ0n) is 15.3. The topological polar surface area (TPSA) is 107 Å². The number of hydrogen-bond acceptors (Lipinski definition) is 4. The van der Waals surface area contributed by atoms with Crippen LogP contribution in [0.1, 0.15) is 28.5 Å². The summed E-state index contributed by atoms with van der Waals surface area (Å²) in [6.07, 6.45) is 0.385. The van der Waals surface area contributed by atoms with Crippen molar-refractivity contribution in [3.05, 3.63) is 51.4 Å². The predicted molar refractivity (Wildman–Crippen MR) is 107 cm³/mol. The van der Waals surface area contributed by atoms with Gasteiger partial charge < -0.3 is 25.1 Å². The Bertz CT molecular complexity index is 1070. The van der Waals surface area contributed by atoms with Crippen LogP contribution in [0.5, 0.6) is 5.75 Å². The van der Waals surface area contributed by atoms with Crippen LogP contribution in [-0.2, 0) is 20.0 Å². The van der Waals surface area contributed by atoms with E-state index in [0.717, 1.165) is 28.7 Å². The molecule has 0 saturated heterocycles. The standard InChI is InChI=1S/C19H21N3O4.ClH/c1-4-13-16(21-18(24)15(17(13)23)19(25)26)10-5-6-14-11(7-10)8-12(9-20-2)22(14)3;/h5-8,20H,4,9H2,1-3H3,(H,25,26)(H2,21,23,24);1H. The Hall–Kier alpha value is -2.77. The third-order valence-corrected chi connectivity index (χ3v) is 4.65.